The molecule has 4 nitrogen and oxygen atoms in total. The number of aryl methyl sites for hydroxylation is 1. The minimum absolute atomic E-state index is 0.177. The lowest BCUT2D eigenvalue weighted by Gasteiger charge is -2.08. The van der Waals surface area contributed by atoms with Gasteiger partial charge in [-0.2, -0.15) is 13.2 Å². The highest BCUT2D eigenvalue weighted by Gasteiger charge is 2.30. The predicted molar refractivity (Wildman–Crippen MR) is 89.5 cm³/mol. The second-order valence-electron chi connectivity index (χ2n) is 5.88. The first kappa shape index (κ1) is 17.7. The lowest BCUT2D eigenvalue weighted by Crippen LogP contribution is -2.05. The molecule has 3 rings (SSSR count). The Morgan fingerprint density at radius 1 is 1.15 bits per heavy atom. The fourth-order valence-corrected chi connectivity index (χ4v) is 2.71. The molecule has 2 aromatic carbocycles. The third kappa shape index (κ3) is 3.77. The van der Waals surface area contributed by atoms with Crippen molar-refractivity contribution < 1.29 is 23.1 Å². The number of carboxylic acid groups (broad SMARTS) is 1. The minimum Gasteiger partial charge on any atom is -0.478 e. The second kappa shape index (κ2) is 6.67. The van der Waals surface area contributed by atoms with E-state index in [0.717, 1.165) is 17.8 Å². The summed E-state index contributed by atoms with van der Waals surface area (Å²) in [6.07, 6.45) is -2.37. The van der Waals surface area contributed by atoms with E-state index in [4.69, 9.17) is 5.11 Å². The zero-order valence-corrected chi connectivity index (χ0v) is 13.8. The smallest absolute Gasteiger partial charge is 0.416 e. The van der Waals surface area contributed by atoms with Crippen molar-refractivity contribution in [1.29, 1.82) is 0 Å². The lowest BCUT2D eigenvalue weighted by molar-refractivity contribution is -0.137. The van der Waals surface area contributed by atoms with Gasteiger partial charge in [-0.25, -0.2) is 9.78 Å². The van der Waals surface area contributed by atoms with Gasteiger partial charge in [-0.05, 0) is 42.8 Å². The van der Waals surface area contributed by atoms with Crippen molar-refractivity contribution in [3.63, 3.8) is 0 Å². The van der Waals surface area contributed by atoms with Crippen LogP contribution in [0.5, 0.6) is 0 Å². The van der Waals surface area contributed by atoms with Gasteiger partial charge in [0.1, 0.15) is 5.82 Å². The number of aromatic carboxylic acids is 1. The molecule has 3 aromatic rings. The molecule has 0 unspecified atom stereocenters. The summed E-state index contributed by atoms with van der Waals surface area (Å²) in [5.74, 6) is -0.348. The van der Waals surface area contributed by atoms with Gasteiger partial charge in [-0.3, -0.25) is 0 Å². The molecule has 0 bridgehead atoms. The quantitative estimate of drug-likeness (QED) is 0.746. The Kier molecular flexibility index (Phi) is 4.54. The van der Waals surface area contributed by atoms with Crippen LogP contribution in [0.15, 0.2) is 54.7 Å². The molecule has 0 spiro atoms. The molecule has 0 aliphatic carbocycles. The van der Waals surface area contributed by atoms with E-state index in [1.54, 1.807) is 35.9 Å². The number of alkyl halides is 3. The van der Waals surface area contributed by atoms with E-state index in [9.17, 15) is 18.0 Å². The van der Waals surface area contributed by atoms with Gasteiger partial charge in [-0.1, -0.05) is 18.2 Å². The number of nitrogens with zero attached hydrogens (tertiary/aromatic N) is 2. The average molecular weight is 360 g/mol. The Bertz CT molecular complexity index is 944. The van der Waals surface area contributed by atoms with Crippen molar-refractivity contribution in [2.75, 3.05) is 0 Å². The molecular weight excluding hydrogens is 345 g/mol. The summed E-state index contributed by atoms with van der Waals surface area (Å²) in [5.41, 5.74) is 1.37. The molecule has 1 heterocycles. The molecule has 0 saturated heterocycles. The van der Waals surface area contributed by atoms with Crippen LogP contribution in [0, 0.1) is 6.92 Å². The number of halogens is 3. The van der Waals surface area contributed by atoms with Gasteiger partial charge >= 0.3 is 12.1 Å². The van der Waals surface area contributed by atoms with Crippen molar-refractivity contribution in [2.45, 2.75) is 19.5 Å². The maximum absolute atomic E-state index is 12.8. The standard InChI is InChI=1S/C19H15F3N2O2/c1-12-23-16(10-13-3-2-4-15(9-13)19(20,21)22)11-24(12)17-7-5-14(6-8-17)18(25)26/h2-9,11H,10H2,1H3,(H,25,26). The molecule has 0 aliphatic rings. The summed E-state index contributed by atoms with van der Waals surface area (Å²) in [4.78, 5) is 15.3. The average Bonchev–Trinajstić information content (AvgIpc) is 2.94. The van der Waals surface area contributed by atoms with E-state index in [1.807, 2.05) is 0 Å². The summed E-state index contributed by atoms with van der Waals surface area (Å²) in [6.45, 7) is 1.78. The largest absolute Gasteiger partial charge is 0.478 e. The van der Waals surface area contributed by atoms with E-state index >= 15 is 0 Å². The zero-order chi connectivity index (χ0) is 18.9. The third-order valence-electron chi connectivity index (χ3n) is 3.96. The molecule has 1 aromatic heterocycles. The van der Waals surface area contributed by atoms with Crippen molar-refractivity contribution in [1.82, 2.24) is 9.55 Å². The Balaban J connectivity index is 1.86. The molecule has 134 valence electrons. The molecule has 0 radical (unpaired) electrons. The summed E-state index contributed by atoms with van der Waals surface area (Å²) in [7, 11) is 0. The number of imidazole rings is 1. The minimum atomic E-state index is -4.38. The fraction of sp³-hybridized carbons (Fsp3) is 0.158. The maximum Gasteiger partial charge on any atom is 0.416 e. The molecule has 1 N–H and O–H groups in total. The number of carbonyl (C=O) groups is 1. The van der Waals surface area contributed by atoms with E-state index in [2.05, 4.69) is 4.98 Å². The Morgan fingerprint density at radius 2 is 1.85 bits per heavy atom. The van der Waals surface area contributed by atoms with Crippen LogP contribution in [-0.4, -0.2) is 20.6 Å². The highest BCUT2D eigenvalue weighted by Crippen LogP contribution is 2.30. The number of rotatable bonds is 4. The van der Waals surface area contributed by atoms with Crippen LogP contribution in [0.4, 0.5) is 13.2 Å². The van der Waals surface area contributed by atoms with Crippen molar-refractivity contribution >= 4 is 5.97 Å². The highest BCUT2D eigenvalue weighted by molar-refractivity contribution is 5.87. The van der Waals surface area contributed by atoms with E-state index in [-0.39, 0.29) is 12.0 Å². The second-order valence-corrected chi connectivity index (χ2v) is 5.88. The number of carboxylic acids is 1. The first-order chi connectivity index (χ1) is 12.2. The van der Waals surface area contributed by atoms with Gasteiger partial charge < -0.3 is 9.67 Å². The molecule has 0 atom stereocenters. The van der Waals surface area contributed by atoms with Gasteiger partial charge in [0.15, 0.2) is 0 Å². The van der Waals surface area contributed by atoms with Crippen LogP contribution >= 0.6 is 0 Å². The SMILES string of the molecule is Cc1nc(Cc2cccc(C(F)(F)F)c2)cn1-c1ccc(C(=O)O)cc1. The molecule has 26 heavy (non-hydrogen) atoms. The lowest BCUT2D eigenvalue weighted by atomic mass is 10.1. The Labute approximate surface area is 147 Å². The van der Waals surface area contributed by atoms with Crippen LogP contribution in [0.2, 0.25) is 0 Å². The van der Waals surface area contributed by atoms with Crippen LogP contribution in [0.1, 0.15) is 33.0 Å². The molecule has 0 saturated carbocycles. The van der Waals surface area contributed by atoms with Crippen molar-refractivity contribution in [2.24, 2.45) is 0 Å². The molecule has 0 aliphatic heterocycles. The Morgan fingerprint density at radius 3 is 2.46 bits per heavy atom. The molecular formula is C19H15F3N2O2. The topological polar surface area (TPSA) is 55.1 Å². The van der Waals surface area contributed by atoms with E-state index < -0.39 is 17.7 Å². The van der Waals surface area contributed by atoms with Crippen LogP contribution in [0.3, 0.4) is 0 Å². The number of hydrogen-bond acceptors (Lipinski definition) is 2. The number of hydrogen-bond donors (Lipinski definition) is 1. The van der Waals surface area contributed by atoms with Crippen molar-refractivity contribution in [3.8, 4) is 5.69 Å². The summed E-state index contributed by atoms with van der Waals surface area (Å²) in [5, 5.41) is 8.95. The third-order valence-corrected chi connectivity index (χ3v) is 3.96. The summed E-state index contributed by atoms with van der Waals surface area (Å²) >= 11 is 0. The van der Waals surface area contributed by atoms with Gasteiger partial charge in [0.05, 0.1) is 16.8 Å². The predicted octanol–water partition coefficient (Wildman–Crippen LogP) is 4.49. The summed E-state index contributed by atoms with van der Waals surface area (Å²) < 4.78 is 40.2. The van der Waals surface area contributed by atoms with Crippen molar-refractivity contribution in [3.05, 3.63) is 82.9 Å². The van der Waals surface area contributed by atoms with Crippen LogP contribution in [-0.2, 0) is 12.6 Å². The van der Waals surface area contributed by atoms with Gasteiger partial charge in [0, 0.05) is 18.3 Å². The number of benzene rings is 2. The monoisotopic (exact) mass is 360 g/mol. The molecule has 0 fully saturated rings. The van der Waals surface area contributed by atoms with Crippen LogP contribution < -0.4 is 0 Å². The fourth-order valence-electron chi connectivity index (χ4n) is 2.71. The normalized spacial score (nSPS) is 11.5. The maximum atomic E-state index is 12.8. The van der Waals surface area contributed by atoms with Crippen LogP contribution in [0.25, 0.3) is 5.69 Å². The first-order valence-electron chi connectivity index (χ1n) is 7.79. The van der Waals surface area contributed by atoms with E-state index in [0.29, 0.717) is 17.1 Å². The first-order valence-corrected chi connectivity index (χ1v) is 7.79. The van der Waals surface area contributed by atoms with Gasteiger partial charge in [-0.15, -0.1) is 0 Å². The van der Waals surface area contributed by atoms with E-state index in [1.165, 1.54) is 18.2 Å². The zero-order valence-electron chi connectivity index (χ0n) is 13.8. The molecule has 0 amide bonds. The van der Waals surface area contributed by atoms with Gasteiger partial charge in [0.25, 0.3) is 0 Å². The Hall–Kier alpha value is -3.09. The van der Waals surface area contributed by atoms with Gasteiger partial charge in [0.2, 0.25) is 0 Å². The highest BCUT2D eigenvalue weighted by atomic mass is 19.4. The molecule has 7 heteroatoms. The number of aromatic nitrogens is 2. The summed E-state index contributed by atoms with van der Waals surface area (Å²) in [6, 6.07) is 11.5.